The molecule has 0 fully saturated rings. The fourth-order valence-electron chi connectivity index (χ4n) is 4.14. The minimum atomic E-state index is -1.50. The number of phenolic OH excluding ortho intramolecular Hbond substituents is 1. The van der Waals surface area contributed by atoms with Gasteiger partial charge in [0, 0.05) is 6.42 Å². The summed E-state index contributed by atoms with van der Waals surface area (Å²) in [6.07, 6.45) is -1.49. The number of fused-ring (bicyclic) bond motifs is 1. The van der Waals surface area contributed by atoms with E-state index in [9.17, 15) is 29.8 Å². The fourth-order valence-corrected chi connectivity index (χ4v) is 4.14. The summed E-state index contributed by atoms with van der Waals surface area (Å²) in [4.78, 5) is 38.5. The van der Waals surface area contributed by atoms with Gasteiger partial charge in [-0.1, -0.05) is 50.2 Å². The van der Waals surface area contributed by atoms with Crippen LogP contribution >= 0.6 is 0 Å². The third-order valence-electron chi connectivity index (χ3n) is 5.82. The summed E-state index contributed by atoms with van der Waals surface area (Å²) in [7, 11) is 0. The summed E-state index contributed by atoms with van der Waals surface area (Å²) < 4.78 is 5.10. The molecule has 0 aliphatic heterocycles. The van der Waals surface area contributed by atoms with E-state index in [-0.39, 0.29) is 24.7 Å². The van der Waals surface area contributed by atoms with Crippen LogP contribution in [0.25, 0.3) is 0 Å². The average Bonchev–Trinajstić information content (AvgIpc) is 3.14. The minimum absolute atomic E-state index is 0.0331. The van der Waals surface area contributed by atoms with Crippen LogP contribution < -0.4 is 16.1 Å². The van der Waals surface area contributed by atoms with Crippen molar-refractivity contribution in [3.8, 4) is 5.75 Å². The molecule has 0 heterocycles. The van der Waals surface area contributed by atoms with Crippen LogP contribution in [0.4, 0.5) is 4.79 Å². The van der Waals surface area contributed by atoms with E-state index in [0.717, 1.165) is 11.1 Å². The number of hydrogen-bond acceptors (Lipinski definition) is 7. The zero-order chi connectivity index (χ0) is 25.5. The number of hydrogen-bond donors (Lipinski definition) is 6. The molecule has 3 amide bonds. The van der Waals surface area contributed by atoms with Crippen molar-refractivity contribution in [1.82, 2.24) is 16.1 Å². The molecule has 6 N–H and O–H groups in total. The molecule has 0 radical (unpaired) electrons. The van der Waals surface area contributed by atoms with Crippen LogP contribution in [0.2, 0.25) is 0 Å². The van der Waals surface area contributed by atoms with Gasteiger partial charge in [-0.2, -0.15) is 0 Å². The smallest absolute Gasteiger partial charge is 0.407 e. The second-order valence-electron chi connectivity index (χ2n) is 9.03. The average molecular weight is 486 g/mol. The zero-order valence-electron chi connectivity index (χ0n) is 19.6. The maximum absolute atomic E-state index is 13.5. The third kappa shape index (κ3) is 6.71. The van der Waals surface area contributed by atoms with E-state index in [0.29, 0.717) is 12.0 Å². The van der Waals surface area contributed by atoms with Crippen LogP contribution in [-0.2, 0) is 27.2 Å². The molecule has 2 aromatic carbocycles. The highest BCUT2D eigenvalue weighted by molar-refractivity contribution is 5.92. The summed E-state index contributed by atoms with van der Waals surface area (Å²) in [5.74, 6) is -2.85. The number of ether oxygens (including phenoxy) is 1. The molecule has 10 heteroatoms. The van der Waals surface area contributed by atoms with E-state index < -0.39 is 42.0 Å². The van der Waals surface area contributed by atoms with Crippen molar-refractivity contribution in [2.24, 2.45) is 11.8 Å². The van der Waals surface area contributed by atoms with Gasteiger partial charge in [-0.25, -0.2) is 10.3 Å². The maximum atomic E-state index is 13.5. The summed E-state index contributed by atoms with van der Waals surface area (Å²) in [5, 5.41) is 34.9. The molecule has 0 spiro atoms. The first-order valence-electron chi connectivity index (χ1n) is 11.4. The first kappa shape index (κ1) is 26.0. The number of benzene rings is 2. The SMILES string of the molecule is CC(C)COC(=O)NC(C(=O)NO)C(Cc1cccc(O)c1)C(=O)NC1c2ccccc2CC1O. The van der Waals surface area contributed by atoms with Gasteiger partial charge in [0.15, 0.2) is 0 Å². The van der Waals surface area contributed by atoms with E-state index in [1.807, 2.05) is 26.0 Å². The van der Waals surface area contributed by atoms with Crippen LogP contribution in [0.5, 0.6) is 5.75 Å². The first-order valence-corrected chi connectivity index (χ1v) is 11.4. The Labute approximate surface area is 203 Å². The molecule has 10 nitrogen and oxygen atoms in total. The van der Waals surface area contributed by atoms with Crippen molar-refractivity contribution in [2.45, 2.75) is 44.9 Å². The van der Waals surface area contributed by atoms with E-state index >= 15 is 0 Å². The van der Waals surface area contributed by atoms with Gasteiger partial charge < -0.3 is 25.6 Å². The Morgan fingerprint density at radius 2 is 1.83 bits per heavy atom. The van der Waals surface area contributed by atoms with Crippen molar-refractivity contribution in [3.63, 3.8) is 0 Å². The van der Waals surface area contributed by atoms with Gasteiger partial charge >= 0.3 is 6.09 Å². The van der Waals surface area contributed by atoms with E-state index in [2.05, 4.69) is 10.6 Å². The van der Waals surface area contributed by atoms with Gasteiger partial charge in [-0.3, -0.25) is 14.8 Å². The lowest BCUT2D eigenvalue weighted by atomic mass is 9.90. The van der Waals surface area contributed by atoms with E-state index in [1.165, 1.54) is 17.6 Å². The Balaban J connectivity index is 1.89. The number of aliphatic hydroxyl groups is 1. The summed E-state index contributed by atoms with van der Waals surface area (Å²) >= 11 is 0. The lowest BCUT2D eigenvalue weighted by Crippen LogP contribution is -2.55. The standard InChI is InChI=1S/C25H31N3O7/c1-14(2)13-35-25(33)27-22(24(32)28-34)19(11-15-6-5-8-17(29)10-15)23(31)26-21-18-9-4-3-7-16(18)12-20(21)30/h3-10,14,19-22,29-30,34H,11-13H2,1-2H3,(H,26,31)(H,27,33)(H,28,32). The predicted octanol–water partition coefficient (Wildman–Crippen LogP) is 1.58. The van der Waals surface area contributed by atoms with Gasteiger partial charge in [0.25, 0.3) is 5.91 Å². The Morgan fingerprint density at radius 1 is 1.09 bits per heavy atom. The number of hydroxylamine groups is 1. The monoisotopic (exact) mass is 485 g/mol. The summed E-state index contributed by atoms with van der Waals surface area (Å²) in [5.41, 5.74) is 3.68. The molecule has 4 unspecified atom stereocenters. The van der Waals surface area contributed by atoms with Gasteiger partial charge in [0.1, 0.15) is 11.8 Å². The van der Waals surface area contributed by atoms with E-state index in [1.54, 1.807) is 24.3 Å². The van der Waals surface area contributed by atoms with Crippen molar-refractivity contribution in [3.05, 3.63) is 65.2 Å². The number of alkyl carbamates (subject to hydrolysis) is 1. The Kier molecular flexibility index (Phi) is 8.67. The van der Waals surface area contributed by atoms with Crippen molar-refractivity contribution in [2.75, 3.05) is 6.61 Å². The van der Waals surface area contributed by atoms with Gasteiger partial charge in [0.05, 0.1) is 24.7 Å². The molecule has 1 aliphatic rings. The number of carbonyl (C=O) groups is 3. The largest absolute Gasteiger partial charge is 0.508 e. The molecule has 0 saturated carbocycles. The number of carbonyl (C=O) groups excluding carboxylic acids is 3. The number of aromatic hydroxyl groups is 1. The number of amides is 3. The molecule has 0 bridgehead atoms. The fraction of sp³-hybridized carbons (Fsp3) is 0.400. The first-order chi connectivity index (χ1) is 16.7. The van der Waals surface area contributed by atoms with Gasteiger partial charge in [-0.15, -0.1) is 0 Å². The quantitative estimate of drug-likeness (QED) is 0.232. The minimum Gasteiger partial charge on any atom is -0.508 e. The number of nitrogens with one attached hydrogen (secondary N) is 3. The van der Waals surface area contributed by atoms with E-state index in [4.69, 9.17) is 4.74 Å². The molecule has 1 aliphatic carbocycles. The van der Waals surface area contributed by atoms with Crippen LogP contribution in [0, 0.1) is 11.8 Å². The van der Waals surface area contributed by atoms with Gasteiger partial charge in [-0.05, 0) is 41.2 Å². The molecule has 188 valence electrons. The molecular weight excluding hydrogens is 454 g/mol. The molecule has 4 atom stereocenters. The zero-order valence-corrected chi connectivity index (χ0v) is 19.6. The van der Waals surface area contributed by atoms with Crippen LogP contribution in [-0.4, -0.2) is 52.1 Å². The van der Waals surface area contributed by atoms with Crippen LogP contribution in [0.1, 0.15) is 36.6 Å². The van der Waals surface area contributed by atoms with Crippen molar-refractivity contribution >= 4 is 17.9 Å². The van der Waals surface area contributed by atoms with Crippen LogP contribution in [0.15, 0.2) is 48.5 Å². The lowest BCUT2D eigenvalue weighted by Gasteiger charge is -2.28. The second kappa shape index (κ2) is 11.7. The molecule has 2 aromatic rings. The topological polar surface area (TPSA) is 157 Å². The lowest BCUT2D eigenvalue weighted by molar-refractivity contribution is -0.138. The second-order valence-corrected chi connectivity index (χ2v) is 9.03. The van der Waals surface area contributed by atoms with Crippen molar-refractivity contribution < 1.29 is 34.5 Å². The van der Waals surface area contributed by atoms with Crippen LogP contribution in [0.3, 0.4) is 0 Å². The Bertz CT molecular complexity index is 1060. The Hall–Kier alpha value is -3.63. The molecule has 3 rings (SSSR count). The third-order valence-corrected chi connectivity index (χ3v) is 5.82. The van der Waals surface area contributed by atoms with Gasteiger partial charge in [0.2, 0.25) is 5.91 Å². The van der Waals surface area contributed by atoms with Crippen molar-refractivity contribution in [1.29, 1.82) is 0 Å². The molecule has 0 saturated heterocycles. The molecule has 35 heavy (non-hydrogen) atoms. The molecular formula is C25H31N3O7. The maximum Gasteiger partial charge on any atom is 0.407 e. The number of aliphatic hydroxyl groups excluding tert-OH is 1. The normalized spacial score (nSPS) is 18.3. The number of rotatable bonds is 9. The number of phenols is 1. The highest BCUT2D eigenvalue weighted by Gasteiger charge is 2.39. The summed E-state index contributed by atoms with van der Waals surface area (Å²) in [6.45, 7) is 3.77. The Morgan fingerprint density at radius 3 is 2.51 bits per heavy atom. The molecule has 0 aromatic heterocycles. The predicted molar refractivity (Wildman–Crippen MR) is 125 cm³/mol. The summed E-state index contributed by atoms with van der Waals surface area (Å²) in [6, 6.07) is 11.2. The highest BCUT2D eigenvalue weighted by Crippen LogP contribution is 2.32. The highest BCUT2D eigenvalue weighted by atomic mass is 16.5.